The molecular weight excluding hydrogens is 1070 g/mol. The zero-order valence-electron chi connectivity index (χ0n) is 35.1. The molecule has 6 rings (SSSR count). The lowest BCUT2D eigenvalue weighted by molar-refractivity contribution is -0.683. The van der Waals surface area contributed by atoms with E-state index in [1.165, 1.54) is 0 Å². The monoisotopic (exact) mass is 1100 g/mol. The van der Waals surface area contributed by atoms with Gasteiger partial charge in [0, 0.05) is 10.6 Å². The molecule has 1 heterocycles. The molecule has 0 aliphatic heterocycles. The molecule has 1 aromatic heterocycles. The summed E-state index contributed by atoms with van der Waals surface area (Å²) in [6.45, 7) is 0.295. The number of halogens is 25. The number of carbonyl (C=O) groups is 1. The van der Waals surface area contributed by atoms with Gasteiger partial charge in [-0.3, -0.25) is 9.78 Å². The molecule has 0 radical (unpaired) electrons. The van der Waals surface area contributed by atoms with Crippen LogP contribution in [0.3, 0.4) is 0 Å². The van der Waals surface area contributed by atoms with Crippen molar-refractivity contribution in [2.24, 2.45) is 0 Å². The maximum Gasteiger partial charge on any atom is 0.416 e. The Morgan fingerprint density at radius 2 is 0.644 bits per heavy atom. The van der Waals surface area contributed by atoms with Gasteiger partial charge in [-0.2, -0.15) is 132 Å². The molecule has 392 valence electrons. The van der Waals surface area contributed by atoms with Crippen molar-refractivity contribution in [1.82, 2.24) is 4.98 Å². The van der Waals surface area contributed by atoms with Crippen LogP contribution in [0.1, 0.15) is 54.9 Å². The fraction of sp³-hybridized carbons (Fsp3) is 0.205. The van der Waals surface area contributed by atoms with E-state index in [-0.39, 0.29) is 5.78 Å². The van der Waals surface area contributed by atoms with Gasteiger partial charge in [-0.25, -0.2) is 0 Å². The summed E-state index contributed by atoms with van der Waals surface area (Å²) in [6.07, 6.45) is -48.0. The number of hydrogen-bond donors (Lipinski definition) is 0. The summed E-state index contributed by atoms with van der Waals surface area (Å²) in [5, 5.41) is 0.575. The predicted molar refractivity (Wildman–Crippen MR) is 210 cm³/mol. The van der Waals surface area contributed by atoms with E-state index in [2.05, 4.69) is 4.98 Å². The van der Waals surface area contributed by atoms with E-state index in [0.29, 0.717) is 17.1 Å². The lowest BCUT2D eigenvalue weighted by atomic mass is 9.12. The zero-order chi connectivity index (χ0) is 55.3. The Bertz CT molecular complexity index is 2530. The zero-order valence-corrected chi connectivity index (χ0v) is 35.8. The van der Waals surface area contributed by atoms with Gasteiger partial charge in [0.05, 0.1) is 56.9 Å². The third-order valence-electron chi connectivity index (χ3n) is 10.6. The van der Waals surface area contributed by atoms with E-state index in [9.17, 15) is 110 Å². The van der Waals surface area contributed by atoms with Crippen LogP contribution >= 0.6 is 11.6 Å². The summed E-state index contributed by atoms with van der Waals surface area (Å²) in [6, 6.07) is -1.86. The van der Waals surface area contributed by atoms with Crippen LogP contribution in [0.5, 0.6) is 0 Å². The van der Waals surface area contributed by atoms with Crippen LogP contribution in [-0.4, -0.2) is 16.9 Å². The largest absolute Gasteiger partial charge is 0.416 e. The molecule has 0 aliphatic rings. The third kappa shape index (κ3) is 13.6. The Kier molecular flexibility index (Phi) is 15.5. The standard InChI is InChI=1S/C32H12BF24.C12H10ClN2O/c34-25(35,36)13-1-14(26(37,38)39)6-21(5-13)33(22-7-15(27(40,41)42)2-16(8-22)28(43,44)45,23-9-17(29(46,47)48)3-18(10-23)30(49,50)51)24-11-19(31(52,53)54)4-20(12-24)32(55,56)57;13-11-3-1-2-10(8-11)12(16)9-15-6-4-14-5-7-15/h1-12H;1-8H,9H2/q-1;+1. The molecule has 0 bridgehead atoms. The summed E-state index contributed by atoms with van der Waals surface area (Å²) >= 11 is 5.82. The molecule has 5 aromatic carbocycles. The van der Waals surface area contributed by atoms with E-state index in [4.69, 9.17) is 11.6 Å². The van der Waals surface area contributed by atoms with Gasteiger partial charge in [0.1, 0.15) is 6.15 Å². The van der Waals surface area contributed by atoms with Crippen molar-refractivity contribution < 1.29 is 115 Å². The highest BCUT2D eigenvalue weighted by atomic mass is 35.5. The van der Waals surface area contributed by atoms with Crippen LogP contribution in [0.25, 0.3) is 0 Å². The quantitative estimate of drug-likeness (QED) is 0.0691. The van der Waals surface area contributed by atoms with Crippen molar-refractivity contribution in [3.63, 3.8) is 0 Å². The first-order valence-electron chi connectivity index (χ1n) is 19.5. The molecular formula is C44H22BClF24N2O. The number of rotatable bonds is 7. The van der Waals surface area contributed by atoms with Gasteiger partial charge in [-0.1, -0.05) is 72.3 Å². The van der Waals surface area contributed by atoms with Gasteiger partial charge < -0.3 is 0 Å². The van der Waals surface area contributed by atoms with Crippen LogP contribution in [0.15, 0.2) is 122 Å². The van der Waals surface area contributed by atoms with Gasteiger partial charge in [0.25, 0.3) is 0 Å². The highest BCUT2D eigenvalue weighted by molar-refractivity contribution is 7.20. The minimum atomic E-state index is -6.13. The second-order valence-electron chi connectivity index (χ2n) is 15.6. The molecule has 0 N–H and O–H groups in total. The van der Waals surface area contributed by atoms with Crippen molar-refractivity contribution >= 4 is 45.4 Å². The Hall–Kier alpha value is -6.48. The van der Waals surface area contributed by atoms with E-state index in [1.807, 2.05) is 0 Å². The number of carbonyl (C=O) groups excluding carboxylic acids is 1. The molecule has 0 saturated heterocycles. The van der Waals surface area contributed by atoms with Crippen molar-refractivity contribution in [3.8, 4) is 0 Å². The first-order valence-corrected chi connectivity index (χ1v) is 19.8. The average molecular weight is 1100 g/mol. The first kappa shape index (κ1) is 57.4. The molecule has 29 heteroatoms. The molecule has 73 heavy (non-hydrogen) atoms. The summed E-state index contributed by atoms with van der Waals surface area (Å²) < 4.78 is 343. The van der Waals surface area contributed by atoms with Crippen LogP contribution in [0, 0.1) is 0 Å². The maximum absolute atomic E-state index is 14.2. The van der Waals surface area contributed by atoms with Crippen LogP contribution < -0.4 is 26.4 Å². The smallest absolute Gasteiger partial charge is 0.287 e. The number of hydrogen-bond acceptors (Lipinski definition) is 2. The number of ketones is 1. The Balaban J connectivity index is 0.000000520. The molecule has 0 fully saturated rings. The number of nitrogens with zero attached hydrogens (tertiary/aromatic N) is 2. The van der Waals surface area contributed by atoms with Crippen LogP contribution in [0.4, 0.5) is 105 Å². The van der Waals surface area contributed by atoms with E-state index >= 15 is 0 Å². The normalized spacial score (nSPS) is 13.4. The molecule has 3 nitrogen and oxygen atoms in total. The van der Waals surface area contributed by atoms with Crippen molar-refractivity contribution in [2.45, 2.75) is 56.0 Å². The molecule has 0 aliphatic carbocycles. The van der Waals surface area contributed by atoms with E-state index in [0.717, 1.165) is 0 Å². The number of alkyl halides is 24. The van der Waals surface area contributed by atoms with Gasteiger partial charge in [-0.05, 0) is 36.4 Å². The van der Waals surface area contributed by atoms with E-state index < -0.39 is 195 Å². The SMILES string of the molecule is FC(F)(F)c1cc([B-](c2cc(C(F)(F)F)cc(C(F)(F)F)c2)(c2cc(C(F)(F)F)cc(C(F)(F)F)c2)c2cc(C(F)(F)F)cc(C(F)(F)F)c2)cc(C(F)(F)F)c1.O=C(C[n+]1ccncc1)c1cccc(Cl)c1. The number of benzene rings is 5. The highest BCUT2D eigenvalue weighted by Gasteiger charge is 2.47. The molecule has 0 amide bonds. The van der Waals surface area contributed by atoms with Crippen LogP contribution in [0.2, 0.25) is 5.02 Å². The third-order valence-corrected chi connectivity index (χ3v) is 10.8. The van der Waals surface area contributed by atoms with Gasteiger partial charge in [0.2, 0.25) is 12.3 Å². The Morgan fingerprint density at radius 1 is 0.397 bits per heavy atom. The molecule has 0 unspecified atom stereocenters. The fourth-order valence-corrected chi connectivity index (χ4v) is 7.63. The number of Topliss-reactive ketones (excluding diaryl/α,β-unsaturated/α-hetero) is 1. The second-order valence-corrected chi connectivity index (χ2v) is 16.0. The second kappa shape index (κ2) is 19.8. The summed E-state index contributed by atoms with van der Waals surface area (Å²) in [5.74, 6) is 0.0266. The minimum Gasteiger partial charge on any atom is -0.287 e. The molecule has 0 spiro atoms. The molecule has 0 saturated carbocycles. The minimum absolute atomic E-state index is 0.0266. The van der Waals surface area contributed by atoms with Crippen molar-refractivity contribution in [1.29, 1.82) is 0 Å². The topological polar surface area (TPSA) is 33.8 Å². The van der Waals surface area contributed by atoms with Gasteiger partial charge >= 0.3 is 49.4 Å². The summed E-state index contributed by atoms with van der Waals surface area (Å²) in [5.41, 5.74) is -29.6. The van der Waals surface area contributed by atoms with Gasteiger partial charge in [0.15, 0.2) is 12.4 Å². The summed E-state index contributed by atoms with van der Waals surface area (Å²) in [4.78, 5) is 15.8. The lowest BCUT2D eigenvalue weighted by Crippen LogP contribution is -2.75. The van der Waals surface area contributed by atoms with Crippen molar-refractivity contribution in [2.75, 3.05) is 0 Å². The fourth-order valence-electron chi connectivity index (χ4n) is 7.44. The Morgan fingerprint density at radius 3 is 0.863 bits per heavy atom. The average Bonchev–Trinajstić information content (AvgIpc) is 3.24. The lowest BCUT2D eigenvalue weighted by Gasteiger charge is -2.46. The highest BCUT2D eigenvalue weighted by Crippen LogP contribution is 2.41. The molecule has 6 aromatic rings. The maximum atomic E-state index is 14.2. The summed E-state index contributed by atoms with van der Waals surface area (Å²) in [7, 11) is 0. The first-order chi connectivity index (χ1) is 33.0. The van der Waals surface area contributed by atoms with Crippen molar-refractivity contribution in [3.05, 3.63) is 177 Å². The van der Waals surface area contributed by atoms with E-state index in [1.54, 1.807) is 53.6 Å². The van der Waals surface area contributed by atoms with Gasteiger partial charge in [-0.15, -0.1) is 0 Å². The predicted octanol–water partition coefficient (Wildman–Crippen LogP) is 13.1. The number of aromatic nitrogens is 2. The molecule has 0 atom stereocenters. The Labute approximate surface area is 397 Å². The van der Waals surface area contributed by atoms with Crippen LogP contribution in [-0.2, 0) is 56.0 Å².